The highest BCUT2D eigenvalue weighted by molar-refractivity contribution is 7.14. The van der Waals surface area contributed by atoms with E-state index in [1.165, 1.54) is 16.9 Å². The van der Waals surface area contributed by atoms with Gasteiger partial charge in [0.2, 0.25) is 0 Å². The van der Waals surface area contributed by atoms with E-state index >= 15 is 0 Å². The number of aryl methyl sites for hydroxylation is 1. The monoisotopic (exact) mass is 398 g/mol. The Morgan fingerprint density at radius 1 is 1.07 bits per heavy atom. The number of carbonyl (C=O) groups is 1. The fourth-order valence-corrected chi connectivity index (χ4v) is 3.20. The molecule has 0 bridgehead atoms. The van der Waals surface area contributed by atoms with Gasteiger partial charge in [-0.3, -0.25) is 30.3 Å². The minimum Gasteiger partial charge on any atom is -0.298 e. The number of rotatable bonds is 6. The van der Waals surface area contributed by atoms with Gasteiger partial charge >= 0.3 is 0 Å². The lowest BCUT2D eigenvalue weighted by Crippen LogP contribution is -2.12. The summed E-state index contributed by atoms with van der Waals surface area (Å²) in [6, 6.07) is 10.6. The van der Waals surface area contributed by atoms with E-state index in [1.807, 2.05) is 24.3 Å². The molecule has 1 aromatic heterocycles. The first kappa shape index (κ1) is 19.1. The molecule has 0 radical (unpaired) electrons. The summed E-state index contributed by atoms with van der Waals surface area (Å²) in [7, 11) is 0. The van der Waals surface area contributed by atoms with Gasteiger partial charge in [0.1, 0.15) is 0 Å². The van der Waals surface area contributed by atoms with Crippen LogP contribution in [0.2, 0.25) is 0 Å². The molecule has 0 aliphatic carbocycles. The first-order chi connectivity index (χ1) is 13.4. The summed E-state index contributed by atoms with van der Waals surface area (Å²) in [6.07, 6.45) is 0.925. The normalized spacial score (nSPS) is 10.5. The van der Waals surface area contributed by atoms with Gasteiger partial charge in [0.15, 0.2) is 5.13 Å². The van der Waals surface area contributed by atoms with Crippen molar-refractivity contribution in [2.75, 3.05) is 5.32 Å². The number of aromatic nitrogens is 1. The van der Waals surface area contributed by atoms with Crippen molar-refractivity contribution in [3.63, 3.8) is 0 Å². The van der Waals surface area contributed by atoms with Crippen LogP contribution in [0.4, 0.5) is 16.5 Å². The molecule has 0 unspecified atom stereocenters. The molecule has 0 aliphatic rings. The molecule has 9 nitrogen and oxygen atoms in total. The zero-order chi connectivity index (χ0) is 20.3. The third-order valence-electron chi connectivity index (χ3n) is 3.97. The third-order valence-corrected chi connectivity index (χ3v) is 4.73. The van der Waals surface area contributed by atoms with E-state index < -0.39 is 27.1 Å². The Hall–Kier alpha value is -3.66. The molecule has 0 fully saturated rings. The second kappa shape index (κ2) is 7.92. The van der Waals surface area contributed by atoms with Crippen LogP contribution in [-0.2, 0) is 6.42 Å². The van der Waals surface area contributed by atoms with Crippen LogP contribution in [0.15, 0.2) is 47.8 Å². The highest BCUT2D eigenvalue weighted by atomic mass is 32.1. The van der Waals surface area contributed by atoms with E-state index in [2.05, 4.69) is 17.2 Å². The highest BCUT2D eigenvalue weighted by Gasteiger charge is 2.20. The fourth-order valence-electron chi connectivity index (χ4n) is 2.48. The molecule has 1 amide bonds. The third kappa shape index (κ3) is 4.18. The Morgan fingerprint density at radius 3 is 2.21 bits per heavy atom. The summed E-state index contributed by atoms with van der Waals surface area (Å²) in [6.45, 7) is 2.06. The van der Waals surface area contributed by atoms with Gasteiger partial charge in [0.25, 0.3) is 17.3 Å². The van der Waals surface area contributed by atoms with Gasteiger partial charge in [-0.25, -0.2) is 4.98 Å². The van der Waals surface area contributed by atoms with E-state index in [4.69, 9.17) is 0 Å². The Morgan fingerprint density at radius 2 is 1.68 bits per heavy atom. The van der Waals surface area contributed by atoms with Crippen LogP contribution in [0.1, 0.15) is 22.8 Å². The fraction of sp³-hybridized carbons (Fsp3) is 0.111. The quantitative estimate of drug-likeness (QED) is 0.483. The van der Waals surface area contributed by atoms with Gasteiger partial charge in [-0.2, -0.15) is 0 Å². The number of non-ortho nitro benzene ring substituents is 2. The SMILES string of the molecule is CCc1ccc(-c2csc(NC(=O)c3cc([N+](=O)[O-])cc([N+](=O)[O-])c3)n2)cc1. The van der Waals surface area contributed by atoms with Crippen LogP contribution in [-0.4, -0.2) is 20.7 Å². The Bertz CT molecular complexity index is 1030. The molecule has 1 heterocycles. The summed E-state index contributed by atoms with van der Waals surface area (Å²) in [5.74, 6) is -0.714. The van der Waals surface area contributed by atoms with E-state index in [-0.39, 0.29) is 10.7 Å². The molecular weight excluding hydrogens is 384 g/mol. The number of nitro benzene ring substituents is 2. The molecule has 10 heteroatoms. The summed E-state index contributed by atoms with van der Waals surface area (Å²) in [4.78, 5) is 37.1. The smallest absolute Gasteiger partial charge is 0.277 e. The molecule has 0 atom stereocenters. The number of nitrogens with zero attached hydrogens (tertiary/aromatic N) is 3. The van der Waals surface area contributed by atoms with Gasteiger partial charge in [-0.1, -0.05) is 31.2 Å². The number of thiazole rings is 1. The summed E-state index contributed by atoms with van der Waals surface area (Å²) >= 11 is 1.19. The molecule has 0 aliphatic heterocycles. The van der Waals surface area contributed by atoms with Crippen molar-refractivity contribution in [1.29, 1.82) is 0 Å². The van der Waals surface area contributed by atoms with Crippen molar-refractivity contribution in [3.05, 3.63) is 79.2 Å². The van der Waals surface area contributed by atoms with Crippen molar-refractivity contribution in [2.45, 2.75) is 13.3 Å². The molecular formula is C18H14N4O5S. The van der Waals surface area contributed by atoms with Crippen LogP contribution < -0.4 is 5.32 Å². The van der Waals surface area contributed by atoms with Gasteiger partial charge in [0, 0.05) is 23.1 Å². The predicted octanol–water partition coefficient (Wildman–Crippen LogP) is 4.44. The predicted molar refractivity (Wildman–Crippen MR) is 105 cm³/mol. The number of carbonyl (C=O) groups excluding carboxylic acids is 1. The highest BCUT2D eigenvalue weighted by Crippen LogP contribution is 2.27. The average Bonchev–Trinajstić information content (AvgIpc) is 3.16. The summed E-state index contributed by atoms with van der Waals surface area (Å²) in [5.41, 5.74) is 1.50. The summed E-state index contributed by atoms with van der Waals surface area (Å²) in [5, 5.41) is 26.5. The second-order valence-corrected chi connectivity index (χ2v) is 6.65. The number of nitro groups is 2. The van der Waals surface area contributed by atoms with Crippen LogP contribution in [0.3, 0.4) is 0 Å². The van der Waals surface area contributed by atoms with Crippen molar-refractivity contribution >= 4 is 33.8 Å². The molecule has 3 aromatic rings. The van der Waals surface area contributed by atoms with Crippen molar-refractivity contribution in [3.8, 4) is 11.3 Å². The topological polar surface area (TPSA) is 128 Å². The lowest BCUT2D eigenvalue weighted by Gasteiger charge is -2.02. The van der Waals surface area contributed by atoms with Gasteiger partial charge in [0.05, 0.1) is 27.2 Å². The van der Waals surface area contributed by atoms with Crippen LogP contribution in [0.25, 0.3) is 11.3 Å². The minimum absolute atomic E-state index is 0.190. The number of hydrogen-bond donors (Lipinski definition) is 1. The molecule has 3 rings (SSSR count). The Kier molecular flexibility index (Phi) is 5.41. The van der Waals surface area contributed by atoms with Gasteiger partial charge < -0.3 is 0 Å². The minimum atomic E-state index is -0.786. The first-order valence-corrected chi connectivity index (χ1v) is 9.05. The van der Waals surface area contributed by atoms with E-state index in [0.29, 0.717) is 5.69 Å². The molecule has 142 valence electrons. The number of amides is 1. The zero-order valence-corrected chi connectivity index (χ0v) is 15.4. The zero-order valence-electron chi connectivity index (χ0n) is 14.6. The van der Waals surface area contributed by atoms with E-state index in [0.717, 1.165) is 30.2 Å². The lowest BCUT2D eigenvalue weighted by atomic mass is 10.1. The van der Waals surface area contributed by atoms with Crippen molar-refractivity contribution < 1.29 is 14.6 Å². The number of benzene rings is 2. The molecule has 2 aromatic carbocycles. The largest absolute Gasteiger partial charge is 0.298 e. The molecule has 28 heavy (non-hydrogen) atoms. The molecule has 1 N–H and O–H groups in total. The Balaban J connectivity index is 1.82. The van der Waals surface area contributed by atoms with Gasteiger partial charge in [-0.15, -0.1) is 11.3 Å². The van der Waals surface area contributed by atoms with E-state index in [9.17, 15) is 25.0 Å². The standard InChI is InChI=1S/C18H14N4O5S/c1-2-11-3-5-12(6-4-11)16-10-28-18(19-16)20-17(23)13-7-14(21(24)25)9-15(8-13)22(26)27/h3-10H,2H2,1H3,(H,19,20,23). The maximum Gasteiger partial charge on any atom is 0.277 e. The average molecular weight is 398 g/mol. The Labute approximate surface area is 163 Å². The molecule has 0 spiro atoms. The van der Waals surface area contributed by atoms with Crippen molar-refractivity contribution in [1.82, 2.24) is 4.98 Å². The van der Waals surface area contributed by atoms with E-state index in [1.54, 1.807) is 5.38 Å². The number of nitrogens with one attached hydrogen (secondary N) is 1. The number of hydrogen-bond acceptors (Lipinski definition) is 7. The summed E-state index contributed by atoms with van der Waals surface area (Å²) < 4.78 is 0. The number of anilines is 1. The van der Waals surface area contributed by atoms with Crippen molar-refractivity contribution in [2.24, 2.45) is 0 Å². The van der Waals surface area contributed by atoms with Gasteiger partial charge in [-0.05, 0) is 12.0 Å². The van der Waals surface area contributed by atoms with Crippen LogP contribution in [0, 0.1) is 20.2 Å². The molecule has 0 saturated heterocycles. The second-order valence-electron chi connectivity index (χ2n) is 5.79. The maximum atomic E-state index is 12.4. The molecule has 0 saturated carbocycles. The van der Waals surface area contributed by atoms with Crippen LogP contribution >= 0.6 is 11.3 Å². The first-order valence-electron chi connectivity index (χ1n) is 8.17. The lowest BCUT2D eigenvalue weighted by molar-refractivity contribution is -0.394. The maximum absolute atomic E-state index is 12.4. The van der Waals surface area contributed by atoms with Crippen LogP contribution in [0.5, 0.6) is 0 Å².